The Labute approximate surface area is 123 Å². The summed E-state index contributed by atoms with van der Waals surface area (Å²) in [5, 5.41) is 5.70. The second-order valence-corrected chi connectivity index (χ2v) is 6.93. The fourth-order valence-corrected chi connectivity index (χ4v) is 3.59. The normalized spacial score (nSPS) is 16.5. The van der Waals surface area contributed by atoms with Crippen LogP contribution in [0.5, 0.6) is 0 Å². The first kappa shape index (κ1) is 16.7. The third-order valence-electron chi connectivity index (χ3n) is 3.90. The average Bonchev–Trinajstić information content (AvgIpc) is 2.89. The number of hydrogen-bond donors (Lipinski definition) is 1. The molecule has 110 valence electrons. The zero-order chi connectivity index (χ0) is 14.3. The molecular formula is C16H30N2S. The van der Waals surface area contributed by atoms with Crippen molar-refractivity contribution in [2.24, 2.45) is 5.41 Å². The van der Waals surface area contributed by atoms with E-state index in [1.807, 2.05) is 11.3 Å². The number of rotatable bonds is 9. The van der Waals surface area contributed by atoms with E-state index in [2.05, 4.69) is 62.5 Å². The highest BCUT2D eigenvalue weighted by Crippen LogP contribution is 2.29. The molecule has 1 aromatic rings. The molecule has 0 aliphatic heterocycles. The number of nitrogens with one attached hydrogen (secondary N) is 1. The van der Waals surface area contributed by atoms with Crippen LogP contribution in [0.4, 0.5) is 0 Å². The lowest BCUT2D eigenvalue weighted by molar-refractivity contribution is 0.144. The minimum absolute atomic E-state index is 0.366. The lowest BCUT2D eigenvalue weighted by Crippen LogP contribution is -2.41. The van der Waals surface area contributed by atoms with E-state index >= 15 is 0 Å². The predicted octanol–water partition coefficient (Wildman–Crippen LogP) is 4.16. The molecule has 0 aromatic carbocycles. The van der Waals surface area contributed by atoms with E-state index in [9.17, 15) is 0 Å². The van der Waals surface area contributed by atoms with Crippen LogP contribution in [0.2, 0.25) is 0 Å². The first-order chi connectivity index (χ1) is 9.02. The van der Waals surface area contributed by atoms with Gasteiger partial charge in [-0.05, 0) is 43.8 Å². The van der Waals surface area contributed by atoms with Gasteiger partial charge in [0.25, 0.3) is 0 Å². The van der Waals surface area contributed by atoms with Gasteiger partial charge < -0.3 is 5.32 Å². The summed E-state index contributed by atoms with van der Waals surface area (Å²) in [5.74, 6) is 0. The van der Waals surface area contributed by atoms with E-state index in [0.717, 1.165) is 19.6 Å². The van der Waals surface area contributed by atoms with Crippen LogP contribution in [0.3, 0.4) is 0 Å². The van der Waals surface area contributed by atoms with Gasteiger partial charge in [-0.15, -0.1) is 11.3 Å². The Balaban J connectivity index is 2.62. The minimum atomic E-state index is 0.366. The molecule has 0 aliphatic rings. The maximum absolute atomic E-state index is 3.53. The Bertz CT molecular complexity index is 337. The fraction of sp³-hybridized carbons (Fsp3) is 0.750. The lowest BCUT2D eigenvalue weighted by Gasteiger charge is -2.36. The molecule has 1 heterocycles. The van der Waals surface area contributed by atoms with Gasteiger partial charge in [0.2, 0.25) is 0 Å². The van der Waals surface area contributed by atoms with E-state index in [1.165, 1.54) is 17.7 Å². The summed E-state index contributed by atoms with van der Waals surface area (Å²) in [6.07, 6.45) is 2.53. The van der Waals surface area contributed by atoms with E-state index in [0.29, 0.717) is 11.5 Å². The Hall–Kier alpha value is -0.380. The van der Waals surface area contributed by atoms with Crippen molar-refractivity contribution >= 4 is 11.3 Å². The van der Waals surface area contributed by atoms with Gasteiger partial charge in [0.15, 0.2) is 0 Å². The van der Waals surface area contributed by atoms with Gasteiger partial charge in [0.1, 0.15) is 0 Å². The maximum atomic E-state index is 3.53. The van der Waals surface area contributed by atoms with E-state index < -0.39 is 0 Å². The van der Waals surface area contributed by atoms with E-state index in [4.69, 9.17) is 0 Å². The van der Waals surface area contributed by atoms with E-state index in [-0.39, 0.29) is 0 Å². The molecule has 0 saturated heterocycles. The topological polar surface area (TPSA) is 15.3 Å². The van der Waals surface area contributed by atoms with Gasteiger partial charge in [0, 0.05) is 24.0 Å². The van der Waals surface area contributed by atoms with Crippen molar-refractivity contribution in [3.8, 4) is 0 Å². The molecule has 0 aliphatic carbocycles. The van der Waals surface area contributed by atoms with Gasteiger partial charge in [0.05, 0.1) is 0 Å². The third kappa shape index (κ3) is 5.25. The molecule has 19 heavy (non-hydrogen) atoms. The number of thiophene rings is 1. The van der Waals surface area contributed by atoms with Crippen LogP contribution >= 0.6 is 11.3 Å². The lowest BCUT2D eigenvalue weighted by atomic mass is 9.84. The van der Waals surface area contributed by atoms with Crippen molar-refractivity contribution in [3.63, 3.8) is 0 Å². The average molecular weight is 282 g/mol. The standard InChI is InChI=1S/C16H30N2S/c1-6-10-16(4,12-17-7-2)13-18(5)14(3)15-9-8-11-19-15/h8-9,11,14,17H,6-7,10,12-13H2,1-5H3. The summed E-state index contributed by atoms with van der Waals surface area (Å²) in [6, 6.07) is 4.90. The second kappa shape index (κ2) is 8.03. The van der Waals surface area contributed by atoms with Crippen LogP contribution in [0.15, 0.2) is 17.5 Å². The van der Waals surface area contributed by atoms with Crippen molar-refractivity contribution in [3.05, 3.63) is 22.4 Å². The van der Waals surface area contributed by atoms with Crippen LogP contribution in [0.1, 0.15) is 51.5 Å². The Morgan fingerprint density at radius 2 is 2.16 bits per heavy atom. The second-order valence-electron chi connectivity index (χ2n) is 5.95. The molecule has 0 saturated carbocycles. The van der Waals surface area contributed by atoms with Crippen molar-refractivity contribution < 1.29 is 0 Å². The summed E-state index contributed by atoms with van der Waals surface area (Å²) in [5.41, 5.74) is 0.366. The number of nitrogens with zero attached hydrogens (tertiary/aromatic N) is 1. The number of hydrogen-bond acceptors (Lipinski definition) is 3. The van der Waals surface area contributed by atoms with Gasteiger partial charge in [-0.1, -0.05) is 33.3 Å². The molecule has 2 atom stereocenters. The minimum Gasteiger partial charge on any atom is -0.316 e. The molecular weight excluding hydrogens is 252 g/mol. The molecule has 0 amide bonds. The summed E-state index contributed by atoms with van der Waals surface area (Å²) in [7, 11) is 2.25. The first-order valence-electron chi connectivity index (χ1n) is 7.46. The van der Waals surface area contributed by atoms with Crippen LogP contribution in [-0.4, -0.2) is 31.6 Å². The van der Waals surface area contributed by atoms with Gasteiger partial charge in [-0.25, -0.2) is 0 Å². The van der Waals surface area contributed by atoms with Crippen LogP contribution in [-0.2, 0) is 0 Å². The summed E-state index contributed by atoms with van der Waals surface area (Å²) >= 11 is 1.86. The fourth-order valence-electron chi connectivity index (χ4n) is 2.74. The molecule has 0 bridgehead atoms. The Morgan fingerprint density at radius 1 is 1.42 bits per heavy atom. The van der Waals surface area contributed by atoms with Gasteiger partial charge in [-0.2, -0.15) is 0 Å². The Morgan fingerprint density at radius 3 is 2.68 bits per heavy atom. The monoisotopic (exact) mass is 282 g/mol. The highest BCUT2D eigenvalue weighted by Gasteiger charge is 2.26. The quantitative estimate of drug-likeness (QED) is 0.732. The molecule has 1 rings (SSSR count). The Kier molecular flexibility index (Phi) is 7.05. The van der Waals surface area contributed by atoms with Crippen LogP contribution < -0.4 is 5.32 Å². The SMILES string of the molecule is CCCC(C)(CNCC)CN(C)C(C)c1cccs1. The smallest absolute Gasteiger partial charge is 0.0410 e. The summed E-state index contributed by atoms with van der Waals surface area (Å²) in [4.78, 5) is 3.96. The summed E-state index contributed by atoms with van der Waals surface area (Å²) < 4.78 is 0. The third-order valence-corrected chi connectivity index (χ3v) is 4.95. The molecule has 0 fully saturated rings. The van der Waals surface area contributed by atoms with Crippen molar-refractivity contribution in [2.75, 3.05) is 26.7 Å². The van der Waals surface area contributed by atoms with Crippen LogP contribution in [0.25, 0.3) is 0 Å². The van der Waals surface area contributed by atoms with Crippen LogP contribution in [0, 0.1) is 5.41 Å². The van der Waals surface area contributed by atoms with Crippen molar-refractivity contribution in [2.45, 2.75) is 46.6 Å². The van der Waals surface area contributed by atoms with Gasteiger partial charge in [-0.3, -0.25) is 4.90 Å². The first-order valence-corrected chi connectivity index (χ1v) is 8.34. The summed E-state index contributed by atoms with van der Waals surface area (Å²) in [6.45, 7) is 12.5. The predicted molar refractivity (Wildman–Crippen MR) is 86.9 cm³/mol. The molecule has 3 heteroatoms. The highest BCUT2D eigenvalue weighted by molar-refractivity contribution is 7.10. The molecule has 2 nitrogen and oxygen atoms in total. The van der Waals surface area contributed by atoms with Crippen molar-refractivity contribution in [1.29, 1.82) is 0 Å². The molecule has 0 spiro atoms. The molecule has 0 radical (unpaired) electrons. The molecule has 2 unspecified atom stereocenters. The largest absolute Gasteiger partial charge is 0.316 e. The molecule has 1 aromatic heterocycles. The molecule has 1 N–H and O–H groups in total. The van der Waals surface area contributed by atoms with Gasteiger partial charge >= 0.3 is 0 Å². The maximum Gasteiger partial charge on any atom is 0.0410 e. The highest BCUT2D eigenvalue weighted by atomic mass is 32.1. The zero-order valence-electron chi connectivity index (χ0n) is 13.2. The van der Waals surface area contributed by atoms with E-state index in [1.54, 1.807) is 0 Å². The zero-order valence-corrected chi connectivity index (χ0v) is 14.0. The van der Waals surface area contributed by atoms with Crippen molar-refractivity contribution in [1.82, 2.24) is 10.2 Å².